The smallest absolute Gasteiger partial charge is 0.319 e. The summed E-state index contributed by atoms with van der Waals surface area (Å²) >= 11 is 0. The number of rotatable bonds is 4. The van der Waals surface area contributed by atoms with Gasteiger partial charge in [0.15, 0.2) is 5.78 Å². The third-order valence-electron chi connectivity index (χ3n) is 5.09. The highest BCUT2D eigenvalue weighted by molar-refractivity contribution is 6.09. The minimum absolute atomic E-state index is 0.00634. The quantitative estimate of drug-likeness (QED) is 0.627. The van der Waals surface area contributed by atoms with Crippen LogP contribution in [0.1, 0.15) is 55.4 Å². The van der Waals surface area contributed by atoms with Gasteiger partial charge in [-0.05, 0) is 64.2 Å². The molecule has 120 valence electrons. The molecule has 0 saturated heterocycles. The molecule has 0 spiro atoms. The predicted octanol–water partition coefficient (Wildman–Crippen LogP) is 3.80. The lowest BCUT2D eigenvalue weighted by Crippen LogP contribution is -2.53. The number of carbonyl (C=O) groups excluding carboxylic acids is 2. The van der Waals surface area contributed by atoms with E-state index in [4.69, 9.17) is 4.74 Å². The van der Waals surface area contributed by atoms with Crippen molar-refractivity contribution >= 4 is 11.8 Å². The van der Waals surface area contributed by atoms with Crippen molar-refractivity contribution in [1.29, 1.82) is 0 Å². The molecule has 1 aliphatic carbocycles. The van der Waals surface area contributed by atoms with Gasteiger partial charge in [-0.3, -0.25) is 9.59 Å². The fraction of sp³-hybridized carbons (Fsp3) is 0.579. The number of ketones is 1. The molecule has 0 N–H and O–H groups in total. The molecule has 0 unspecified atom stereocenters. The molecule has 0 atom stereocenters. The Balaban J connectivity index is 2.51. The largest absolute Gasteiger partial charge is 0.468 e. The first-order chi connectivity index (χ1) is 10.2. The standard InChI is InChI=1S/C19H26O3/c1-12-10-13(2)15(14(3)11-12)18(4,5)16(20)19(8-7-9-19)17(21)22-6/h10-11H,7-9H2,1-6H3. The van der Waals surface area contributed by atoms with Crippen LogP contribution in [0.2, 0.25) is 0 Å². The molecule has 22 heavy (non-hydrogen) atoms. The van der Waals surface area contributed by atoms with Gasteiger partial charge in [-0.15, -0.1) is 0 Å². The van der Waals surface area contributed by atoms with E-state index in [0.717, 1.165) is 23.1 Å². The van der Waals surface area contributed by atoms with Crippen LogP contribution in [0.4, 0.5) is 0 Å². The molecular weight excluding hydrogens is 276 g/mol. The van der Waals surface area contributed by atoms with Gasteiger partial charge in [-0.2, -0.15) is 0 Å². The van der Waals surface area contributed by atoms with Crippen molar-refractivity contribution in [3.05, 3.63) is 34.4 Å². The number of esters is 1. The number of benzene rings is 1. The molecule has 0 radical (unpaired) electrons. The summed E-state index contributed by atoms with van der Waals surface area (Å²) in [5, 5.41) is 0. The van der Waals surface area contributed by atoms with Crippen LogP contribution in [-0.4, -0.2) is 18.9 Å². The van der Waals surface area contributed by atoms with Crippen LogP contribution >= 0.6 is 0 Å². The third-order valence-corrected chi connectivity index (χ3v) is 5.09. The fourth-order valence-corrected chi connectivity index (χ4v) is 4.13. The number of Topliss-reactive ketones (excluding diaryl/α,β-unsaturated/α-hetero) is 1. The summed E-state index contributed by atoms with van der Waals surface area (Å²) < 4.78 is 4.93. The molecule has 1 saturated carbocycles. The summed E-state index contributed by atoms with van der Waals surface area (Å²) in [5.41, 5.74) is 2.80. The van der Waals surface area contributed by atoms with E-state index in [0.29, 0.717) is 12.8 Å². The van der Waals surface area contributed by atoms with Gasteiger partial charge in [0, 0.05) is 5.41 Å². The van der Waals surface area contributed by atoms with Crippen molar-refractivity contribution in [2.75, 3.05) is 7.11 Å². The van der Waals surface area contributed by atoms with Crippen molar-refractivity contribution < 1.29 is 14.3 Å². The van der Waals surface area contributed by atoms with Crippen LogP contribution in [0.5, 0.6) is 0 Å². The van der Waals surface area contributed by atoms with Crippen LogP contribution in [-0.2, 0) is 19.7 Å². The van der Waals surface area contributed by atoms with Gasteiger partial charge in [0.05, 0.1) is 7.11 Å². The van der Waals surface area contributed by atoms with Gasteiger partial charge in [0.1, 0.15) is 5.41 Å². The summed E-state index contributed by atoms with van der Waals surface area (Å²) in [6, 6.07) is 4.20. The van der Waals surface area contributed by atoms with E-state index in [1.54, 1.807) is 0 Å². The molecule has 1 aromatic rings. The number of hydrogen-bond acceptors (Lipinski definition) is 3. The zero-order valence-electron chi connectivity index (χ0n) is 14.5. The second kappa shape index (κ2) is 5.53. The predicted molar refractivity (Wildman–Crippen MR) is 87.0 cm³/mol. The van der Waals surface area contributed by atoms with Gasteiger partial charge >= 0.3 is 5.97 Å². The summed E-state index contributed by atoms with van der Waals surface area (Å²) in [5.74, 6) is -0.382. The number of methoxy groups -OCH3 is 1. The Bertz CT molecular complexity index is 599. The Labute approximate surface area is 133 Å². The maximum Gasteiger partial charge on any atom is 0.319 e. The Hall–Kier alpha value is -1.64. The molecule has 0 aliphatic heterocycles. The Morgan fingerprint density at radius 2 is 1.59 bits per heavy atom. The van der Waals surface area contributed by atoms with Crippen molar-refractivity contribution in [2.45, 2.75) is 59.3 Å². The van der Waals surface area contributed by atoms with E-state index in [1.165, 1.54) is 12.7 Å². The first-order valence-electron chi connectivity index (χ1n) is 7.88. The zero-order chi connectivity index (χ0) is 16.7. The van der Waals surface area contributed by atoms with Crippen molar-refractivity contribution in [3.8, 4) is 0 Å². The average Bonchev–Trinajstić information content (AvgIpc) is 2.35. The third kappa shape index (κ3) is 2.37. The van der Waals surface area contributed by atoms with Crippen LogP contribution in [0, 0.1) is 26.2 Å². The second-order valence-electron chi connectivity index (χ2n) is 7.16. The van der Waals surface area contributed by atoms with Crippen molar-refractivity contribution in [2.24, 2.45) is 5.41 Å². The molecule has 3 nitrogen and oxygen atoms in total. The number of hydrogen-bond donors (Lipinski definition) is 0. The minimum Gasteiger partial charge on any atom is -0.468 e. The van der Waals surface area contributed by atoms with Gasteiger partial charge in [-0.25, -0.2) is 0 Å². The lowest BCUT2D eigenvalue weighted by atomic mass is 9.58. The highest BCUT2D eigenvalue weighted by Crippen LogP contribution is 2.48. The Morgan fingerprint density at radius 1 is 1.09 bits per heavy atom. The molecule has 0 bridgehead atoms. The fourth-order valence-electron chi connectivity index (χ4n) is 4.13. The molecule has 1 aliphatic rings. The number of carbonyl (C=O) groups is 2. The van der Waals surface area contributed by atoms with Crippen molar-refractivity contribution in [1.82, 2.24) is 0 Å². The maximum atomic E-state index is 13.3. The molecule has 3 heteroatoms. The molecule has 0 amide bonds. The lowest BCUT2D eigenvalue weighted by molar-refractivity contribution is -0.166. The zero-order valence-corrected chi connectivity index (χ0v) is 14.5. The molecule has 0 aromatic heterocycles. The van der Waals surface area contributed by atoms with Gasteiger partial charge in [0.25, 0.3) is 0 Å². The minimum atomic E-state index is -0.942. The van der Waals surface area contributed by atoms with Gasteiger partial charge in [-0.1, -0.05) is 24.1 Å². The summed E-state index contributed by atoms with van der Waals surface area (Å²) in [6.45, 7) is 10.00. The average molecular weight is 302 g/mol. The van der Waals surface area contributed by atoms with E-state index in [2.05, 4.69) is 19.1 Å². The molecule has 1 aromatic carbocycles. The van der Waals surface area contributed by atoms with Crippen molar-refractivity contribution in [3.63, 3.8) is 0 Å². The van der Waals surface area contributed by atoms with Crippen LogP contribution in [0.25, 0.3) is 0 Å². The van der Waals surface area contributed by atoms with Crippen LogP contribution in [0.3, 0.4) is 0 Å². The highest BCUT2D eigenvalue weighted by atomic mass is 16.5. The van der Waals surface area contributed by atoms with Crippen LogP contribution < -0.4 is 0 Å². The van der Waals surface area contributed by atoms with E-state index in [9.17, 15) is 9.59 Å². The summed E-state index contributed by atoms with van der Waals surface area (Å²) in [7, 11) is 1.37. The maximum absolute atomic E-state index is 13.3. The lowest BCUT2D eigenvalue weighted by Gasteiger charge is -2.43. The van der Waals surface area contributed by atoms with Gasteiger partial charge < -0.3 is 4.74 Å². The van der Waals surface area contributed by atoms with E-state index in [-0.39, 0.29) is 11.8 Å². The highest BCUT2D eigenvalue weighted by Gasteiger charge is 2.56. The number of ether oxygens (including phenoxy) is 1. The molecule has 0 heterocycles. The van der Waals surface area contributed by atoms with Gasteiger partial charge in [0.2, 0.25) is 0 Å². The SMILES string of the molecule is COC(=O)C1(C(=O)C(C)(C)c2c(C)cc(C)cc2C)CCC1. The molecule has 1 fully saturated rings. The first kappa shape index (κ1) is 16.7. The van der Waals surface area contributed by atoms with Crippen LogP contribution in [0.15, 0.2) is 12.1 Å². The first-order valence-corrected chi connectivity index (χ1v) is 7.88. The monoisotopic (exact) mass is 302 g/mol. The number of aryl methyl sites for hydroxylation is 3. The van der Waals surface area contributed by atoms with E-state index < -0.39 is 10.8 Å². The normalized spacial score (nSPS) is 16.8. The van der Waals surface area contributed by atoms with E-state index in [1.807, 2.05) is 27.7 Å². The molecular formula is C19H26O3. The Morgan fingerprint density at radius 3 is 1.95 bits per heavy atom. The summed E-state index contributed by atoms with van der Waals surface area (Å²) in [4.78, 5) is 25.5. The topological polar surface area (TPSA) is 43.4 Å². The van der Waals surface area contributed by atoms with E-state index >= 15 is 0 Å². The second-order valence-corrected chi connectivity index (χ2v) is 7.16. The summed E-state index contributed by atoms with van der Waals surface area (Å²) in [6.07, 6.45) is 2.11. The Kier molecular flexibility index (Phi) is 4.20. The molecule has 2 rings (SSSR count).